The van der Waals surface area contributed by atoms with Gasteiger partial charge in [-0.2, -0.15) is 0 Å². The second-order valence-electron chi connectivity index (χ2n) is 6.90. The largest absolute Gasteiger partial charge is 0.336 e. The lowest BCUT2D eigenvalue weighted by atomic mass is 9.66. The zero-order valence-corrected chi connectivity index (χ0v) is 14.1. The zero-order valence-electron chi connectivity index (χ0n) is 12.6. The third-order valence-electron chi connectivity index (χ3n) is 5.63. The van der Waals surface area contributed by atoms with Gasteiger partial charge in [0.1, 0.15) is 0 Å². The van der Waals surface area contributed by atoms with E-state index in [-0.39, 0.29) is 29.9 Å². The molecule has 1 aromatic carbocycles. The molecule has 3 aliphatic rings. The number of halogens is 2. The molecule has 120 valence electrons. The minimum Gasteiger partial charge on any atom is -0.336 e. The number of rotatable bonds is 1. The molecule has 0 unspecified atom stereocenters. The summed E-state index contributed by atoms with van der Waals surface area (Å²) in [6.45, 7) is 0.901. The monoisotopic (exact) mass is 340 g/mol. The van der Waals surface area contributed by atoms with Crippen LogP contribution in [0, 0.1) is 0 Å². The maximum Gasteiger partial charge on any atom is 0.230 e. The summed E-state index contributed by atoms with van der Waals surface area (Å²) in [4.78, 5) is 15.2. The van der Waals surface area contributed by atoms with Crippen molar-refractivity contribution < 1.29 is 4.79 Å². The maximum atomic E-state index is 13.0. The third kappa shape index (κ3) is 2.26. The fourth-order valence-electron chi connectivity index (χ4n) is 4.49. The summed E-state index contributed by atoms with van der Waals surface area (Å²) in [6.07, 6.45) is 6.23. The van der Waals surface area contributed by atoms with E-state index >= 15 is 0 Å². The topological polar surface area (TPSA) is 46.3 Å². The third-order valence-corrected chi connectivity index (χ3v) is 5.99. The summed E-state index contributed by atoms with van der Waals surface area (Å²) in [5.41, 5.74) is 8.38. The first kappa shape index (κ1) is 16.1. The van der Waals surface area contributed by atoms with E-state index in [1.807, 2.05) is 12.1 Å². The average molecular weight is 341 g/mol. The number of hydrogen-bond acceptors (Lipinski definition) is 2. The van der Waals surface area contributed by atoms with Crippen LogP contribution in [-0.4, -0.2) is 28.9 Å². The molecule has 1 saturated carbocycles. The Morgan fingerprint density at radius 3 is 2.82 bits per heavy atom. The normalized spacial score (nSPS) is 32.5. The van der Waals surface area contributed by atoms with Crippen LogP contribution in [0.25, 0.3) is 0 Å². The molecule has 2 aliphatic carbocycles. The molecule has 1 atom stereocenters. The van der Waals surface area contributed by atoms with Gasteiger partial charge in [0.15, 0.2) is 0 Å². The number of carbonyl (C=O) groups is 1. The van der Waals surface area contributed by atoms with Crippen LogP contribution in [0.2, 0.25) is 5.02 Å². The number of benzene rings is 1. The van der Waals surface area contributed by atoms with Crippen LogP contribution in [0.1, 0.15) is 49.1 Å². The maximum absolute atomic E-state index is 13.0. The van der Waals surface area contributed by atoms with Gasteiger partial charge in [-0.25, -0.2) is 0 Å². The minimum absolute atomic E-state index is 0. The van der Waals surface area contributed by atoms with Gasteiger partial charge < -0.3 is 10.6 Å². The molecule has 1 heterocycles. The molecule has 1 saturated heterocycles. The highest BCUT2D eigenvalue weighted by Gasteiger charge is 2.51. The van der Waals surface area contributed by atoms with Gasteiger partial charge in [-0.05, 0) is 55.7 Å². The molecule has 3 nitrogen and oxygen atoms in total. The molecule has 0 radical (unpaired) electrons. The highest BCUT2D eigenvalue weighted by Crippen LogP contribution is 2.47. The Balaban J connectivity index is 0.00000144. The molecule has 2 N–H and O–H groups in total. The predicted octanol–water partition coefficient (Wildman–Crippen LogP) is 3.27. The first-order valence-electron chi connectivity index (χ1n) is 7.95. The van der Waals surface area contributed by atoms with Crippen LogP contribution in [0.5, 0.6) is 0 Å². The molecule has 0 bridgehead atoms. The van der Waals surface area contributed by atoms with Gasteiger partial charge in [0.05, 0.1) is 5.92 Å². The van der Waals surface area contributed by atoms with E-state index in [0.717, 1.165) is 54.8 Å². The Kier molecular flexibility index (Phi) is 4.17. The molecule has 1 aliphatic heterocycles. The Labute approximate surface area is 142 Å². The minimum atomic E-state index is 0. The van der Waals surface area contributed by atoms with Crippen LogP contribution >= 0.6 is 24.0 Å². The first-order chi connectivity index (χ1) is 10.1. The second-order valence-corrected chi connectivity index (χ2v) is 7.31. The van der Waals surface area contributed by atoms with Crippen molar-refractivity contribution in [2.45, 2.75) is 56.0 Å². The fourth-order valence-corrected chi connectivity index (χ4v) is 4.75. The summed E-state index contributed by atoms with van der Waals surface area (Å²) >= 11 is 6.19. The Hall–Kier alpha value is -0.770. The lowest BCUT2D eigenvalue weighted by Gasteiger charge is -2.57. The Bertz CT molecular complexity index is 593. The van der Waals surface area contributed by atoms with Crippen LogP contribution in [0.4, 0.5) is 0 Å². The van der Waals surface area contributed by atoms with Crippen LogP contribution < -0.4 is 5.73 Å². The lowest BCUT2D eigenvalue weighted by molar-refractivity contribution is -0.148. The number of carbonyl (C=O) groups excluding carboxylic acids is 1. The Morgan fingerprint density at radius 1 is 1.32 bits per heavy atom. The molecular weight excluding hydrogens is 319 g/mol. The van der Waals surface area contributed by atoms with Crippen LogP contribution in [0.15, 0.2) is 18.2 Å². The van der Waals surface area contributed by atoms with Crippen molar-refractivity contribution in [1.82, 2.24) is 4.90 Å². The number of fused-ring (bicyclic) bond motifs is 1. The van der Waals surface area contributed by atoms with Crippen molar-refractivity contribution in [1.29, 1.82) is 0 Å². The van der Waals surface area contributed by atoms with Crippen molar-refractivity contribution in [3.63, 3.8) is 0 Å². The number of hydrogen-bond donors (Lipinski definition) is 1. The van der Waals surface area contributed by atoms with E-state index in [0.29, 0.717) is 5.91 Å². The second kappa shape index (κ2) is 5.70. The summed E-state index contributed by atoms with van der Waals surface area (Å²) in [7, 11) is 0. The summed E-state index contributed by atoms with van der Waals surface area (Å²) in [5.74, 6) is 0.321. The van der Waals surface area contributed by atoms with Crippen molar-refractivity contribution >= 4 is 29.9 Å². The van der Waals surface area contributed by atoms with Gasteiger partial charge in [0.2, 0.25) is 5.91 Å². The van der Waals surface area contributed by atoms with E-state index < -0.39 is 0 Å². The summed E-state index contributed by atoms with van der Waals surface area (Å²) < 4.78 is 0. The molecule has 5 heteroatoms. The number of piperidine rings is 1. The molecule has 22 heavy (non-hydrogen) atoms. The van der Waals surface area contributed by atoms with Gasteiger partial charge in [-0.3, -0.25) is 4.79 Å². The molecule has 1 amide bonds. The highest BCUT2D eigenvalue weighted by molar-refractivity contribution is 6.31. The van der Waals surface area contributed by atoms with Gasteiger partial charge in [0.25, 0.3) is 0 Å². The number of nitrogens with zero attached hydrogens (tertiary/aromatic N) is 1. The van der Waals surface area contributed by atoms with Crippen LogP contribution in [-0.2, 0) is 11.2 Å². The van der Waals surface area contributed by atoms with Crippen molar-refractivity contribution in [2.75, 3.05) is 6.54 Å². The Morgan fingerprint density at radius 2 is 2.09 bits per heavy atom. The van der Waals surface area contributed by atoms with Gasteiger partial charge in [0, 0.05) is 23.1 Å². The fraction of sp³-hybridized carbons (Fsp3) is 0.588. The van der Waals surface area contributed by atoms with E-state index in [4.69, 9.17) is 17.3 Å². The molecule has 1 aromatic rings. The van der Waals surface area contributed by atoms with Gasteiger partial charge >= 0.3 is 0 Å². The predicted molar refractivity (Wildman–Crippen MR) is 90.6 cm³/mol. The zero-order chi connectivity index (χ0) is 14.6. The number of nitrogens with two attached hydrogens (primary N) is 1. The van der Waals surface area contributed by atoms with Crippen LogP contribution in [0.3, 0.4) is 0 Å². The van der Waals surface area contributed by atoms with Crippen molar-refractivity contribution in [3.8, 4) is 0 Å². The van der Waals surface area contributed by atoms with E-state index in [1.54, 1.807) is 0 Å². The van der Waals surface area contributed by atoms with Gasteiger partial charge in [-0.1, -0.05) is 23.7 Å². The van der Waals surface area contributed by atoms with Crippen molar-refractivity contribution in [2.24, 2.45) is 5.73 Å². The molecular formula is C17H22Cl2N2O. The summed E-state index contributed by atoms with van der Waals surface area (Å²) in [6, 6.07) is 6.19. The smallest absolute Gasteiger partial charge is 0.230 e. The molecule has 0 aromatic heterocycles. The average Bonchev–Trinajstić information content (AvgIpc) is 2.40. The molecule has 1 spiro atoms. The lowest BCUT2D eigenvalue weighted by Crippen LogP contribution is -2.66. The van der Waals surface area contributed by atoms with Crippen molar-refractivity contribution in [3.05, 3.63) is 34.3 Å². The molecule has 2 fully saturated rings. The highest BCUT2D eigenvalue weighted by atomic mass is 35.5. The SMILES string of the molecule is Cl.NC1CC2(CCCCN2C(=O)[C@@H]2Cc3c(Cl)cccc32)C1. The standard InChI is InChI=1S/C17H21ClN2O.ClH/c18-15-5-3-4-12-13(15)8-14(12)16(21)20-7-2-1-6-17(20)9-11(19)10-17;/h3-5,11,14H,1-2,6-10,19H2;1H/t11?,14-,17?;/m1./s1. The van der Waals surface area contributed by atoms with E-state index in [9.17, 15) is 4.79 Å². The first-order valence-corrected chi connectivity index (χ1v) is 8.33. The van der Waals surface area contributed by atoms with E-state index in [2.05, 4.69) is 11.0 Å². The number of amides is 1. The van der Waals surface area contributed by atoms with E-state index in [1.165, 1.54) is 6.42 Å². The van der Waals surface area contributed by atoms with Gasteiger partial charge in [-0.15, -0.1) is 12.4 Å². The summed E-state index contributed by atoms with van der Waals surface area (Å²) in [5, 5.41) is 0.801. The molecule has 4 rings (SSSR count). The number of likely N-dealkylation sites (tertiary alicyclic amines) is 1. The quantitative estimate of drug-likeness (QED) is 0.852.